The molecule has 1 radical (unpaired) electrons. The average Bonchev–Trinajstić information content (AvgIpc) is 2.58. The fourth-order valence-electron chi connectivity index (χ4n) is 1.04. The fraction of sp³-hybridized carbons (Fsp3) is 0.222. The molecule has 0 N–H and O–H groups in total. The number of hydrogen-bond acceptors (Lipinski definition) is 2. The van der Waals surface area contributed by atoms with E-state index < -0.39 is 0 Å². The third-order valence-electron chi connectivity index (χ3n) is 1.55. The monoisotopic (exact) mass is 162 g/mol. The first-order chi connectivity index (χ1) is 5.47. The predicted molar refractivity (Wildman–Crippen MR) is 49.1 cm³/mol. The van der Waals surface area contributed by atoms with Crippen molar-refractivity contribution < 1.29 is 0 Å². The normalized spacial score (nSPS) is 16.5. The number of rotatable bonds is 1. The molecule has 11 heavy (non-hydrogen) atoms. The molecule has 55 valence electrons. The van der Waals surface area contributed by atoms with Crippen LogP contribution in [0.4, 0.5) is 0 Å². The second-order valence-electron chi connectivity index (χ2n) is 2.32. The van der Waals surface area contributed by atoms with Gasteiger partial charge >= 0.3 is 0 Å². The van der Waals surface area contributed by atoms with E-state index in [1.807, 2.05) is 23.9 Å². The molecule has 2 heteroatoms. The van der Waals surface area contributed by atoms with Crippen LogP contribution in [0.5, 0.6) is 0 Å². The van der Waals surface area contributed by atoms with Gasteiger partial charge in [-0.15, -0.1) is 11.8 Å². The van der Waals surface area contributed by atoms with Crippen LogP contribution >= 0.6 is 11.8 Å². The van der Waals surface area contributed by atoms with E-state index in [1.54, 1.807) is 0 Å². The molecule has 1 aromatic rings. The summed E-state index contributed by atoms with van der Waals surface area (Å²) in [7, 11) is 0. The van der Waals surface area contributed by atoms with Gasteiger partial charge in [0.15, 0.2) is 0 Å². The Morgan fingerprint density at radius 1 is 1.36 bits per heavy atom. The molecule has 0 aromatic heterocycles. The molecule has 1 nitrogen and oxygen atoms in total. The summed E-state index contributed by atoms with van der Waals surface area (Å²) < 4.78 is 0. The zero-order valence-electron chi connectivity index (χ0n) is 6.08. The summed E-state index contributed by atoms with van der Waals surface area (Å²) in [6, 6.07) is 11.0. The molecule has 0 fully saturated rings. The average molecular weight is 162 g/mol. The highest BCUT2D eigenvalue weighted by Crippen LogP contribution is 2.18. The molecular weight excluding hydrogens is 154 g/mol. The Bertz CT molecular complexity index is 266. The van der Waals surface area contributed by atoms with Crippen molar-refractivity contribution in [3.8, 4) is 0 Å². The van der Waals surface area contributed by atoms with Crippen molar-refractivity contribution in [3.63, 3.8) is 0 Å². The van der Waals surface area contributed by atoms with E-state index >= 15 is 0 Å². The van der Waals surface area contributed by atoms with E-state index in [0.29, 0.717) is 0 Å². The maximum absolute atomic E-state index is 4.37. The van der Waals surface area contributed by atoms with Crippen LogP contribution in [0.2, 0.25) is 0 Å². The molecule has 1 aliphatic rings. The minimum atomic E-state index is 0.971. The van der Waals surface area contributed by atoms with Gasteiger partial charge in [0, 0.05) is 17.9 Å². The summed E-state index contributed by atoms with van der Waals surface area (Å²) in [5.41, 5.74) is 1.23. The van der Waals surface area contributed by atoms with Crippen molar-refractivity contribution in [2.75, 3.05) is 12.3 Å². The number of aliphatic imine (C=N–C) groups is 1. The first-order valence-electron chi connectivity index (χ1n) is 3.60. The molecule has 1 aliphatic heterocycles. The Morgan fingerprint density at radius 3 is 2.82 bits per heavy atom. The lowest BCUT2D eigenvalue weighted by Crippen LogP contribution is -1.89. The van der Waals surface area contributed by atoms with E-state index in [2.05, 4.69) is 23.2 Å². The quantitative estimate of drug-likeness (QED) is 0.615. The minimum Gasteiger partial charge on any atom is -0.277 e. The van der Waals surface area contributed by atoms with Crippen LogP contribution in [0, 0.1) is 6.07 Å². The second-order valence-corrected chi connectivity index (χ2v) is 3.41. The number of hydrogen-bond donors (Lipinski definition) is 0. The molecule has 0 bridgehead atoms. The summed E-state index contributed by atoms with van der Waals surface area (Å²) in [5.74, 6) is 1.13. The van der Waals surface area contributed by atoms with Crippen LogP contribution in [0.25, 0.3) is 0 Å². The molecule has 0 aliphatic carbocycles. The number of thioether (sulfide) groups is 1. The molecular formula is C9H8NS. The van der Waals surface area contributed by atoms with E-state index in [0.717, 1.165) is 12.3 Å². The largest absolute Gasteiger partial charge is 0.277 e. The van der Waals surface area contributed by atoms with Crippen molar-refractivity contribution in [1.29, 1.82) is 0 Å². The van der Waals surface area contributed by atoms with Crippen molar-refractivity contribution in [2.45, 2.75) is 0 Å². The molecule has 0 amide bonds. The van der Waals surface area contributed by atoms with Gasteiger partial charge in [-0.05, 0) is 6.07 Å². The molecule has 0 spiro atoms. The van der Waals surface area contributed by atoms with Crippen LogP contribution in [-0.2, 0) is 0 Å². The van der Waals surface area contributed by atoms with Gasteiger partial charge in [-0.3, -0.25) is 4.99 Å². The van der Waals surface area contributed by atoms with Gasteiger partial charge in [-0.2, -0.15) is 0 Å². The number of nitrogens with zero attached hydrogens (tertiary/aromatic N) is 1. The molecule has 0 atom stereocenters. The van der Waals surface area contributed by atoms with Gasteiger partial charge in [0.05, 0.1) is 5.04 Å². The Balaban J connectivity index is 2.29. The highest BCUT2D eigenvalue weighted by atomic mass is 32.2. The van der Waals surface area contributed by atoms with E-state index in [4.69, 9.17) is 0 Å². The maximum Gasteiger partial charge on any atom is 0.0977 e. The second kappa shape index (κ2) is 3.09. The highest BCUT2D eigenvalue weighted by molar-refractivity contribution is 8.14. The maximum atomic E-state index is 4.37. The molecule has 0 saturated carbocycles. The summed E-state index contributed by atoms with van der Waals surface area (Å²) >= 11 is 1.83. The van der Waals surface area contributed by atoms with Crippen LogP contribution in [0.1, 0.15) is 5.56 Å². The molecule has 0 saturated heterocycles. The van der Waals surface area contributed by atoms with Crippen LogP contribution in [0.3, 0.4) is 0 Å². The van der Waals surface area contributed by atoms with Gasteiger partial charge < -0.3 is 0 Å². The molecule has 1 aromatic carbocycles. The van der Waals surface area contributed by atoms with Crippen LogP contribution < -0.4 is 0 Å². The fourth-order valence-corrected chi connectivity index (χ4v) is 1.90. The lowest BCUT2D eigenvalue weighted by Gasteiger charge is -1.96. The Hall–Kier alpha value is -0.760. The molecule has 2 rings (SSSR count). The van der Waals surface area contributed by atoms with E-state index in [1.165, 1.54) is 10.6 Å². The first kappa shape index (κ1) is 6.92. The predicted octanol–water partition coefficient (Wildman–Crippen LogP) is 1.98. The van der Waals surface area contributed by atoms with Crippen molar-refractivity contribution in [3.05, 3.63) is 35.9 Å². The smallest absolute Gasteiger partial charge is 0.0977 e. The number of benzene rings is 1. The zero-order chi connectivity index (χ0) is 7.52. The zero-order valence-corrected chi connectivity index (χ0v) is 6.90. The van der Waals surface area contributed by atoms with Crippen molar-refractivity contribution >= 4 is 16.8 Å². The molecule has 1 heterocycles. The van der Waals surface area contributed by atoms with Crippen molar-refractivity contribution in [2.24, 2.45) is 4.99 Å². The Kier molecular flexibility index (Phi) is 1.95. The Labute approximate surface area is 70.5 Å². The van der Waals surface area contributed by atoms with Crippen LogP contribution in [0.15, 0.2) is 29.3 Å². The van der Waals surface area contributed by atoms with Gasteiger partial charge in [-0.25, -0.2) is 0 Å². The van der Waals surface area contributed by atoms with E-state index in [-0.39, 0.29) is 0 Å². The molecule has 0 unspecified atom stereocenters. The summed E-state index contributed by atoms with van der Waals surface area (Å²) in [6.07, 6.45) is 0. The lowest BCUT2D eigenvalue weighted by molar-refractivity contribution is 1.17. The lowest BCUT2D eigenvalue weighted by atomic mass is 10.2. The minimum absolute atomic E-state index is 0.971. The standard InChI is InChI=1S/C9H8NS/c1-2-4-8(5-3-1)9-10-6-7-11-9/h2-5H,6-7H2. The third kappa shape index (κ3) is 1.46. The third-order valence-corrected chi connectivity index (χ3v) is 2.58. The van der Waals surface area contributed by atoms with Crippen molar-refractivity contribution in [1.82, 2.24) is 0 Å². The van der Waals surface area contributed by atoms with E-state index in [9.17, 15) is 0 Å². The van der Waals surface area contributed by atoms with Gasteiger partial charge in [-0.1, -0.05) is 24.3 Å². The summed E-state index contributed by atoms with van der Waals surface area (Å²) in [5, 5.41) is 1.18. The van der Waals surface area contributed by atoms with Gasteiger partial charge in [0.2, 0.25) is 0 Å². The van der Waals surface area contributed by atoms with Gasteiger partial charge in [0.1, 0.15) is 0 Å². The Morgan fingerprint density at radius 2 is 2.18 bits per heavy atom. The van der Waals surface area contributed by atoms with Crippen LogP contribution in [-0.4, -0.2) is 17.3 Å². The topological polar surface area (TPSA) is 12.4 Å². The van der Waals surface area contributed by atoms with Gasteiger partial charge in [0.25, 0.3) is 0 Å². The first-order valence-corrected chi connectivity index (χ1v) is 4.59. The SMILES string of the molecule is [c]1ccc(C2=NCCS2)cc1. The summed E-state index contributed by atoms with van der Waals surface area (Å²) in [4.78, 5) is 4.37. The summed E-state index contributed by atoms with van der Waals surface area (Å²) in [6.45, 7) is 0.971. The highest BCUT2D eigenvalue weighted by Gasteiger charge is 2.07.